The summed E-state index contributed by atoms with van der Waals surface area (Å²) in [5.41, 5.74) is 1.49. The second-order valence-electron chi connectivity index (χ2n) is 6.18. The Hall–Kier alpha value is -2.08. The van der Waals surface area contributed by atoms with Crippen LogP contribution in [0.15, 0.2) is 48.5 Å². The van der Waals surface area contributed by atoms with Gasteiger partial charge in [0.05, 0.1) is 28.8 Å². The minimum Gasteiger partial charge on any atom is -0.335 e. The monoisotopic (exact) mass is 407 g/mol. The van der Waals surface area contributed by atoms with Gasteiger partial charge in [0.2, 0.25) is 11.8 Å². The van der Waals surface area contributed by atoms with E-state index in [1.165, 1.54) is 4.90 Å². The van der Waals surface area contributed by atoms with Crippen LogP contribution in [0.4, 0.5) is 5.69 Å². The van der Waals surface area contributed by atoms with Gasteiger partial charge in [-0.1, -0.05) is 66.5 Å². The molecule has 7 heteroatoms. The zero-order valence-corrected chi connectivity index (χ0v) is 16.9. The quantitative estimate of drug-likeness (QED) is 0.721. The molecule has 0 bridgehead atoms. The molecule has 144 valence electrons. The fraction of sp³-hybridized carbons (Fsp3) is 0.300. The van der Waals surface area contributed by atoms with E-state index < -0.39 is 0 Å². The molecule has 0 atom stereocenters. The molecule has 0 aliphatic carbocycles. The molecule has 27 heavy (non-hydrogen) atoms. The predicted molar refractivity (Wildman–Crippen MR) is 110 cm³/mol. The number of nitrogens with one attached hydrogen (secondary N) is 1. The van der Waals surface area contributed by atoms with Gasteiger partial charge in [-0.3, -0.25) is 14.5 Å². The van der Waals surface area contributed by atoms with E-state index >= 15 is 0 Å². The van der Waals surface area contributed by atoms with Crippen LogP contribution in [0.2, 0.25) is 10.0 Å². The van der Waals surface area contributed by atoms with Crippen LogP contribution >= 0.6 is 23.2 Å². The third kappa shape index (κ3) is 6.54. The summed E-state index contributed by atoms with van der Waals surface area (Å²) in [6, 6.07) is 14.9. The van der Waals surface area contributed by atoms with Crippen LogP contribution in [0.5, 0.6) is 0 Å². The van der Waals surface area contributed by atoms with Crippen LogP contribution < -0.4 is 5.32 Å². The standard InChI is InChI=1S/C20H23Cl2N3O2/c1-3-25(12-15-8-5-4-6-9-15)14-19(27)24(2)13-18(26)23-20-16(21)10-7-11-17(20)22/h4-11H,3,12-14H2,1-2H3,(H,23,26). The summed E-state index contributed by atoms with van der Waals surface area (Å²) in [4.78, 5) is 28.1. The molecule has 5 nitrogen and oxygen atoms in total. The molecule has 0 radical (unpaired) electrons. The van der Waals surface area contributed by atoms with Gasteiger partial charge >= 0.3 is 0 Å². The maximum Gasteiger partial charge on any atom is 0.244 e. The molecule has 0 heterocycles. The minimum absolute atomic E-state index is 0.0801. The van der Waals surface area contributed by atoms with Crippen molar-refractivity contribution in [1.82, 2.24) is 9.80 Å². The average molecular weight is 408 g/mol. The number of para-hydroxylation sites is 1. The van der Waals surface area contributed by atoms with Crippen molar-refractivity contribution in [1.29, 1.82) is 0 Å². The van der Waals surface area contributed by atoms with Crippen LogP contribution in [0.3, 0.4) is 0 Å². The second kappa shape index (κ2) is 10.3. The van der Waals surface area contributed by atoms with Crippen LogP contribution in [0.1, 0.15) is 12.5 Å². The van der Waals surface area contributed by atoms with Gasteiger partial charge in [-0.15, -0.1) is 0 Å². The Kier molecular flexibility index (Phi) is 8.10. The normalized spacial score (nSPS) is 10.7. The number of likely N-dealkylation sites (N-methyl/N-ethyl adjacent to an activating group) is 2. The highest BCUT2D eigenvalue weighted by Gasteiger charge is 2.17. The first-order valence-corrected chi connectivity index (χ1v) is 9.40. The summed E-state index contributed by atoms with van der Waals surface area (Å²) in [7, 11) is 1.60. The number of hydrogen-bond donors (Lipinski definition) is 1. The van der Waals surface area contributed by atoms with Crippen molar-refractivity contribution < 1.29 is 9.59 Å². The topological polar surface area (TPSA) is 52.7 Å². The third-order valence-electron chi connectivity index (χ3n) is 4.09. The van der Waals surface area contributed by atoms with Crippen molar-refractivity contribution in [3.63, 3.8) is 0 Å². The minimum atomic E-state index is -0.355. The lowest BCUT2D eigenvalue weighted by molar-refractivity contribution is -0.134. The van der Waals surface area contributed by atoms with E-state index in [-0.39, 0.29) is 24.9 Å². The third-order valence-corrected chi connectivity index (χ3v) is 4.72. The van der Waals surface area contributed by atoms with Gasteiger partial charge in [0, 0.05) is 13.6 Å². The molecule has 1 N–H and O–H groups in total. The number of anilines is 1. The molecular formula is C20H23Cl2N3O2. The van der Waals surface area contributed by atoms with Crippen molar-refractivity contribution in [2.75, 3.05) is 32.0 Å². The van der Waals surface area contributed by atoms with E-state index in [1.807, 2.05) is 42.2 Å². The number of nitrogens with zero attached hydrogens (tertiary/aromatic N) is 2. The second-order valence-corrected chi connectivity index (χ2v) is 7.00. The largest absolute Gasteiger partial charge is 0.335 e. The summed E-state index contributed by atoms with van der Waals surface area (Å²) in [6.07, 6.45) is 0. The van der Waals surface area contributed by atoms with Crippen LogP contribution in [0, 0.1) is 0 Å². The zero-order chi connectivity index (χ0) is 19.8. The maximum atomic E-state index is 12.5. The molecule has 0 saturated carbocycles. The number of benzene rings is 2. The van der Waals surface area contributed by atoms with E-state index in [1.54, 1.807) is 25.2 Å². The van der Waals surface area contributed by atoms with Crippen LogP contribution in [-0.2, 0) is 16.1 Å². The summed E-state index contributed by atoms with van der Waals surface area (Å²) in [5, 5.41) is 3.36. The van der Waals surface area contributed by atoms with Gasteiger partial charge in [-0.25, -0.2) is 0 Å². The molecular weight excluding hydrogens is 385 g/mol. The number of amides is 2. The van der Waals surface area contributed by atoms with E-state index in [9.17, 15) is 9.59 Å². The fourth-order valence-corrected chi connectivity index (χ4v) is 3.02. The lowest BCUT2D eigenvalue weighted by Gasteiger charge is -2.24. The number of carbonyl (C=O) groups is 2. The van der Waals surface area contributed by atoms with Gasteiger partial charge in [0.1, 0.15) is 0 Å². The molecule has 0 aliphatic rings. The Balaban J connectivity index is 1.89. The summed E-state index contributed by atoms with van der Waals surface area (Å²) in [6.45, 7) is 3.57. The van der Waals surface area contributed by atoms with E-state index in [4.69, 9.17) is 23.2 Å². The van der Waals surface area contributed by atoms with Crippen molar-refractivity contribution in [2.24, 2.45) is 0 Å². The Morgan fingerprint density at radius 1 is 0.963 bits per heavy atom. The molecule has 0 aromatic heterocycles. The summed E-state index contributed by atoms with van der Waals surface area (Å²) < 4.78 is 0. The number of halogens is 2. The molecule has 0 saturated heterocycles. The molecule has 2 amide bonds. The molecule has 2 aromatic rings. The Bertz CT molecular complexity index is 764. The number of carbonyl (C=O) groups excluding carboxylic acids is 2. The van der Waals surface area contributed by atoms with Gasteiger partial charge < -0.3 is 10.2 Å². The van der Waals surface area contributed by atoms with Gasteiger partial charge in [-0.2, -0.15) is 0 Å². The van der Waals surface area contributed by atoms with E-state index in [0.717, 1.165) is 12.1 Å². The van der Waals surface area contributed by atoms with Crippen molar-refractivity contribution >= 4 is 40.7 Å². The predicted octanol–water partition coefficient (Wildman–Crippen LogP) is 3.91. The first-order chi connectivity index (χ1) is 12.9. The van der Waals surface area contributed by atoms with Crippen molar-refractivity contribution in [3.05, 3.63) is 64.1 Å². The lowest BCUT2D eigenvalue weighted by atomic mass is 10.2. The highest BCUT2D eigenvalue weighted by Crippen LogP contribution is 2.29. The highest BCUT2D eigenvalue weighted by molar-refractivity contribution is 6.39. The molecule has 2 aromatic carbocycles. The maximum absolute atomic E-state index is 12.5. The molecule has 0 fully saturated rings. The summed E-state index contributed by atoms with van der Waals surface area (Å²) in [5.74, 6) is -0.486. The van der Waals surface area contributed by atoms with Crippen molar-refractivity contribution in [3.8, 4) is 0 Å². The summed E-state index contributed by atoms with van der Waals surface area (Å²) >= 11 is 12.1. The fourth-order valence-electron chi connectivity index (χ4n) is 2.53. The smallest absolute Gasteiger partial charge is 0.244 e. The molecule has 0 aliphatic heterocycles. The highest BCUT2D eigenvalue weighted by atomic mass is 35.5. The first-order valence-electron chi connectivity index (χ1n) is 8.64. The molecule has 0 spiro atoms. The Morgan fingerprint density at radius 3 is 2.19 bits per heavy atom. The number of hydrogen-bond acceptors (Lipinski definition) is 3. The Labute approximate surface area is 169 Å². The lowest BCUT2D eigenvalue weighted by Crippen LogP contribution is -2.41. The van der Waals surface area contributed by atoms with Crippen LogP contribution in [0.25, 0.3) is 0 Å². The number of rotatable bonds is 8. The van der Waals surface area contributed by atoms with Crippen molar-refractivity contribution in [2.45, 2.75) is 13.5 Å². The van der Waals surface area contributed by atoms with E-state index in [0.29, 0.717) is 22.3 Å². The first kappa shape index (κ1) is 21.2. The zero-order valence-electron chi connectivity index (χ0n) is 15.4. The van der Waals surface area contributed by atoms with Gasteiger partial charge in [0.25, 0.3) is 0 Å². The Morgan fingerprint density at radius 2 is 1.59 bits per heavy atom. The average Bonchev–Trinajstić information content (AvgIpc) is 2.65. The van der Waals surface area contributed by atoms with Crippen LogP contribution in [-0.4, -0.2) is 48.3 Å². The molecule has 0 unspecified atom stereocenters. The molecule has 2 rings (SSSR count). The van der Waals surface area contributed by atoms with Gasteiger partial charge in [-0.05, 0) is 24.2 Å². The van der Waals surface area contributed by atoms with E-state index in [2.05, 4.69) is 5.32 Å². The SMILES string of the molecule is CCN(CC(=O)N(C)CC(=O)Nc1c(Cl)cccc1Cl)Cc1ccccc1. The van der Waals surface area contributed by atoms with Gasteiger partial charge in [0.15, 0.2) is 0 Å².